The van der Waals surface area contributed by atoms with E-state index in [0.29, 0.717) is 0 Å². The van der Waals surface area contributed by atoms with E-state index in [1.54, 1.807) is 0 Å². The number of nitrogens with zero attached hydrogens (tertiary/aromatic N) is 2. The zero-order valence-electron chi connectivity index (χ0n) is 19.1. The largest absolute Gasteiger partial charge is 0.358 e. The summed E-state index contributed by atoms with van der Waals surface area (Å²) in [5.41, 5.74) is 8.60. The third kappa shape index (κ3) is 3.41. The molecule has 34 heavy (non-hydrogen) atoms. The van der Waals surface area contributed by atoms with E-state index in [9.17, 15) is 0 Å². The van der Waals surface area contributed by atoms with Crippen LogP contribution >= 0.6 is 0 Å². The van der Waals surface area contributed by atoms with Gasteiger partial charge in [-0.15, -0.1) is 0 Å². The second-order valence-electron chi connectivity index (χ2n) is 8.58. The van der Waals surface area contributed by atoms with Gasteiger partial charge in [-0.05, 0) is 38.1 Å². The van der Waals surface area contributed by atoms with Crippen molar-refractivity contribution in [2.45, 2.75) is 13.8 Å². The number of fused-ring (bicyclic) bond motifs is 3. The van der Waals surface area contributed by atoms with Crippen molar-refractivity contribution < 1.29 is 0 Å². The van der Waals surface area contributed by atoms with E-state index in [4.69, 9.17) is 9.98 Å². The third-order valence-electron chi connectivity index (χ3n) is 6.43. The number of aryl methyl sites for hydroxylation is 2. The highest BCUT2D eigenvalue weighted by atomic mass is 14.8. The molecule has 2 heterocycles. The highest BCUT2D eigenvalue weighted by molar-refractivity contribution is 6.06. The van der Waals surface area contributed by atoms with Crippen LogP contribution in [-0.4, -0.2) is 22.4 Å². The van der Waals surface area contributed by atoms with Crippen LogP contribution in [0.1, 0.15) is 22.5 Å². The molecule has 4 nitrogen and oxygen atoms in total. The van der Waals surface area contributed by atoms with E-state index < -0.39 is 0 Å². The zero-order chi connectivity index (χ0) is 23.1. The van der Waals surface area contributed by atoms with Crippen LogP contribution < -0.4 is 0 Å². The van der Waals surface area contributed by atoms with Crippen LogP contribution in [0.4, 0.5) is 11.4 Å². The van der Waals surface area contributed by atoms with Gasteiger partial charge in [-0.1, -0.05) is 60.7 Å². The van der Waals surface area contributed by atoms with Crippen molar-refractivity contribution in [2.24, 2.45) is 9.98 Å². The van der Waals surface area contributed by atoms with Crippen molar-refractivity contribution in [1.29, 1.82) is 0 Å². The summed E-state index contributed by atoms with van der Waals surface area (Å²) in [5.74, 6) is 0. The molecular weight excluding hydrogens is 416 g/mol. The summed E-state index contributed by atoms with van der Waals surface area (Å²) in [6.07, 6.45) is 3.93. The minimum absolute atomic E-state index is 0.933. The van der Waals surface area contributed by atoms with Gasteiger partial charge in [0.25, 0.3) is 0 Å². The topological polar surface area (TPSA) is 56.3 Å². The Bertz CT molecular complexity index is 1600. The first-order valence-corrected chi connectivity index (χ1v) is 11.4. The first-order chi connectivity index (χ1) is 16.7. The fraction of sp³-hybridized carbons (Fsp3) is 0.0667. The summed E-state index contributed by atoms with van der Waals surface area (Å²) >= 11 is 0. The molecule has 0 spiro atoms. The molecule has 164 valence electrons. The highest BCUT2D eigenvalue weighted by Crippen LogP contribution is 2.33. The molecule has 0 aliphatic carbocycles. The van der Waals surface area contributed by atoms with E-state index in [0.717, 1.165) is 55.7 Å². The standard InChI is InChI=1S/C30H24N4/c1-19-25(23-9-3-5-13-29(23)33-19)17-31-27-15-7-12-22-21(27)11-8-16-28(22)32-18-26-20(2)34-30-14-6-4-10-24(26)30/h3-18,33-34H,1-2H3. The van der Waals surface area contributed by atoms with E-state index in [1.165, 1.54) is 10.8 Å². The first-order valence-electron chi connectivity index (χ1n) is 11.4. The lowest BCUT2D eigenvalue weighted by atomic mass is 10.1. The van der Waals surface area contributed by atoms with Crippen LogP contribution in [0.25, 0.3) is 32.6 Å². The average Bonchev–Trinajstić information content (AvgIpc) is 3.36. The lowest BCUT2D eigenvalue weighted by molar-refractivity contribution is 1.29. The van der Waals surface area contributed by atoms with Gasteiger partial charge in [0.15, 0.2) is 0 Å². The maximum Gasteiger partial charge on any atom is 0.0709 e. The molecule has 0 unspecified atom stereocenters. The maximum atomic E-state index is 4.89. The molecule has 0 radical (unpaired) electrons. The van der Waals surface area contributed by atoms with Crippen LogP contribution in [0.3, 0.4) is 0 Å². The van der Waals surface area contributed by atoms with Gasteiger partial charge in [0, 0.05) is 67.5 Å². The van der Waals surface area contributed by atoms with Crippen molar-refractivity contribution in [3.8, 4) is 0 Å². The van der Waals surface area contributed by atoms with Crippen LogP contribution in [-0.2, 0) is 0 Å². The molecule has 4 aromatic carbocycles. The quantitative estimate of drug-likeness (QED) is 0.262. The Hall–Kier alpha value is -4.44. The normalized spacial score (nSPS) is 12.2. The Kier molecular flexibility index (Phi) is 4.84. The molecule has 0 amide bonds. The van der Waals surface area contributed by atoms with Crippen molar-refractivity contribution in [3.63, 3.8) is 0 Å². The lowest BCUT2D eigenvalue weighted by Gasteiger charge is -2.05. The number of nitrogens with one attached hydrogen (secondary N) is 2. The van der Waals surface area contributed by atoms with Crippen molar-refractivity contribution in [2.75, 3.05) is 0 Å². The lowest BCUT2D eigenvalue weighted by Crippen LogP contribution is -1.84. The minimum Gasteiger partial charge on any atom is -0.358 e. The van der Waals surface area contributed by atoms with E-state index in [1.807, 2.05) is 36.7 Å². The second kappa shape index (κ2) is 8.16. The highest BCUT2D eigenvalue weighted by Gasteiger charge is 2.08. The van der Waals surface area contributed by atoms with Crippen LogP contribution in [0.2, 0.25) is 0 Å². The Balaban J connectivity index is 1.41. The van der Waals surface area contributed by atoms with Gasteiger partial charge in [-0.2, -0.15) is 0 Å². The Morgan fingerprint density at radius 3 is 1.38 bits per heavy atom. The van der Waals surface area contributed by atoms with Crippen LogP contribution in [0.5, 0.6) is 0 Å². The minimum atomic E-state index is 0.933. The van der Waals surface area contributed by atoms with Crippen molar-refractivity contribution >= 4 is 56.4 Å². The van der Waals surface area contributed by atoms with Gasteiger partial charge in [0.1, 0.15) is 0 Å². The predicted molar refractivity (Wildman–Crippen MR) is 145 cm³/mol. The van der Waals surface area contributed by atoms with Gasteiger partial charge in [0.2, 0.25) is 0 Å². The molecule has 0 fully saturated rings. The second-order valence-corrected chi connectivity index (χ2v) is 8.58. The number of rotatable bonds is 4. The number of aromatic amines is 2. The number of aromatic nitrogens is 2. The summed E-state index contributed by atoms with van der Waals surface area (Å²) in [6, 6.07) is 29.1. The molecule has 0 atom stereocenters. The van der Waals surface area contributed by atoms with Crippen LogP contribution in [0, 0.1) is 13.8 Å². The molecule has 2 N–H and O–H groups in total. The molecule has 6 aromatic rings. The number of aliphatic imine (C=N–C) groups is 2. The van der Waals surface area contributed by atoms with E-state index in [-0.39, 0.29) is 0 Å². The Morgan fingerprint density at radius 1 is 0.500 bits per heavy atom. The van der Waals surface area contributed by atoms with E-state index >= 15 is 0 Å². The summed E-state index contributed by atoms with van der Waals surface area (Å²) in [4.78, 5) is 16.7. The van der Waals surface area contributed by atoms with Gasteiger partial charge < -0.3 is 9.97 Å². The number of benzene rings is 4. The fourth-order valence-electron chi connectivity index (χ4n) is 4.70. The summed E-state index contributed by atoms with van der Waals surface area (Å²) in [5, 5.41) is 4.54. The molecule has 6 rings (SSSR count). The van der Waals surface area contributed by atoms with Crippen LogP contribution in [0.15, 0.2) is 94.9 Å². The molecule has 0 aliphatic heterocycles. The molecule has 0 saturated carbocycles. The smallest absolute Gasteiger partial charge is 0.0709 e. The maximum absolute atomic E-state index is 4.89. The van der Waals surface area contributed by atoms with E-state index in [2.05, 4.69) is 84.5 Å². The number of para-hydroxylation sites is 2. The molecule has 4 heteroatoms. The monoisotopic (exact) mass is 440 g/mol. The van der Waals surface area contributed by atoms with Gasteiger partial charge in [0.05, 0.1) is 11.4 Å². The van der Waals surface area contributed by atoms with Crippen molar-refractivity contribution in [3.05, 3.63) is 107 Å². The Labute approximate surface area is 197 Å². The third-order valence-corrected chi connectivity index (χ3v) is 6.43. The molecule has 0 saturated heterocycles. The zero-order valence-corrected chi connectivity index (χ0v) is 19.1. The van der Waals surface area contributed by atoms with Gasteiger partial charge in [-0.25, -0.2) is 0 Å². The van der Waals surface area contributed by atoms with Gasteiger partial charge in [-0.3, -0.25) is 9.98 Å². The molecule has 2 aromatic heterocycles. The average molecular weight is 441 g/mol. The molecule has 0 bridgehead atoms. The summed E-state index contributed by atoms with van der Waals surface area (Å²) in [7, 11) is 0. The fourth-order valence-corrected chi connectivity index (χ4v) is 4.70. The number of hydrogen-bond donors (Lipinski definition) is 2. The predicted octanol–water partition coefficient (Wildman–Crippen LogP) is 7.92. The number of hydrogen-bond acceptors (Lipinski definition) is 2. The van der Waals surface area contributed by atoms with Gasteiger partial charge >= 0.3 is 0 Å². The summed E-state index contributed by atoms with van der Waals surface area (Å²) < 4.78 is 0. The summed E-state index contributed by atoms with van der Waals surface area (Å²) in [6.45, 7) is 4.17. The van der Waals surface area contributed by atoms with Crippen molar-refractivity contribution in [1.82, 2.24) is 9.97 Å². The number of H-pyrrole nitrogens is 2. The molecule has 0 aliphatic rings. The first kappa shape index (κ1) is 20.2. The Morgan fingerprint density at radius 2 is 0.912 bits per heavy atom. The SMILES string of the molecule is Cc1[nH]c2ccccc2c1C=Nc1cccc2c(N=Cc3c(C)[nH]c4ccccc34)cccc12. The molecular formula is C30H24N4.